The zero-order chi connectivity index (χ0) is 28.3. The van der Waals surface area contributed by atoms with Gasteiger partial charge in [0.05, 0.1) is 28.1 Å². The number of fused-ring (bicyclic) bond motifs is 1. The zero-order valence-electron chi connectivity index (χ0n) is 23.4. The standard InChI is InChI=1S/C41H26N2/c1-3-11-27(12-4-1)35-25-31(26-36(42-35)28-13-5-2-6-14-28)32-23-24-37(34-18-8-7-17-33(32)34)43-38-19-9-15-29-21-22-30-16-10-20-39(43)41(30)40(29)38/h1-26H. The van der Waals surface area contributed by atoms with Crippen molar-refractivity contribution >= 4 is 43.4 Å². The van der Waals surface area contributed by atoms with Gasteiger partial charge in [0.1, 0.15) is 0 Å². The maximum absolute atomic E-state index is 5.12. The summed E-state index contributed by atoms with van der Waals surface area (Å²) < 4.78 is 2.45. The number of rotatable bonds is 4. The van der Waals surface area contributed by atoms with E-state index in [1.165, 1.54) is 54.6 Å². The molecule has 0 amide bonds. The molecule has 2 nitrogen and oxygen atoms in total. The molecule has 2 heteroatoms. The second-order valence-corrected chi connectivity index (χ2v) is 11.2. The van der Waals surface area contributed by atoms with E-state index in [0.29, 0.717) is 0 Å². The van der Waals surface area contributed by atoms with E-state index < -0.39 is 0 Å². The number of hydrogen-bond donors (Lipinski definition) is 0. The number of benzene rings is 7. The highest BCUT2D eigenvalue weighted by Gasteiger charge is 2.19. The first-order valence-corrected chi connectivity index (χ1v) is 14.7. The van der Waals surface area contributed by atoms with Gasteiger partial charge in [-0.25, -0.2) is 4.98 Å². The van der Waals surface area contributed by atoms with Crippen molar-refractivity contribution in [3.63, 3.8) is 0 Å². The van der Waals surface area contributed by atoms with E-state index in [1.54, 1.807) is 0 Å². The van der Waals surface area contributed by atoms with Crippen molar-refractivity contribution in [1.29, 1.82) is 0 Å². The van der Waals surface area contributed by atoms with Crippen molar-refractivity contribution in [3.05, 3.63) is 158 Å². The molecule has 0 saturated carbocycles. The molecule has 0 aliphatic carbocycles. The summed E-state index contributed by atoms with van der Waals surface area (Å²) in [5.74, 6) is 0. The second kappa shape index (κ2) is 9.40. The summed E-state index contributed by atoms with van der Waals surface area (Å²) in [7, 11) is 0. The summed E-state index contributed by atoms with van der Waals surface area (Å²) in [6.45, 7) is 0. The molecule has 0 unspecified atom stereocenters. The van der Waals surface area contributed by atoms with Crippen molar-refractivity contribution in [2.45, 2.75) is 0 Å². The monoisotopic (exact) mass is 546 g/mol. The fraction of sp³-hybridized carbons (Fsp3) is 0. The lowest BCUT2D eigenvalue weighted by Crippen LogP contribution is -1.97. The van der Waals surface area contributed by atoms with Crippen molar-refractivity contribution in [2.24, 2.45) is 0 Å². The fourth-order valence-corrected chi connectivity index (χ4v) is 6.81. The van der Waals surface area contributed by atoms with Gasteiger partial charge in [-0.15, -0.1) is 0 Å². The van der Waals surface area contributed by atoms with Crippen LogP contribution in [0.1, 0.15) is 0 Å². The largest absolute Gasteiger partial charge is 0.309 e. The maximum Gasteiger partial charge on any atom is 0.0715 e. The van der Waals surface area contributed by atoms with E-state index in [9.17, 15) is 0 Å². The van der Waals surface area contributed by atoms with Crippen molar-refractivity contribution in [1.82, 2.24) is 9.55 Å². The van der Waals surface area contributed by atoms with E-state index in [0.717, 1.165) is 28.1 Å². The SMILES string of the molecule is c1ccc(-c2cc(-c3ccc(-n4c5cccc6ccc7cccc4c7c65)c4ccccc34)cc(-c3ccccc3)n2)cc1. The Bertz CT molecular complexity index is 2310. The van der Waals surface area contributed by atoms with Gasteiger partial charge < -0.3 is 4.57 Å². The molecule has 9 rings (SSSR count). The third-order valence-electron chi connectivity index (χ3n) is 8.74. The van der Waals surface area contributed by atoms with Crippen LogP contribution in [0.4, 0.5) is 0 Å². The molecule has 0 aliphatic rings. The normalized spacial score (nSPS) is 11.7. The molecule has 2 aromatic heterocycles. The van der Waals surface area contributed by atoms with E-state index in [4.69, 9.17) is 4.98 Å². The molecule has 0 fully saturated rings. The molecule has 0 N–H and O–H groups in total. The highest BCUT2D eigenvalue weighted by Crippen LogP contribution is 2.42. The maximum atomic E-state index is 5.12. The van der Waals surface area contributed by atoms with Crippen LogP contribution in [0.25, 0.3) is 82.7 Å². The predicted molar refractivity (Wildman–Crippen MR) is 181 cm³/mol. The van der Waals surface area contributed by atoms with Gasteiger partial charge >= 0.3 is 0 Å². The highest BCUT2D eigenvalue weighted by molar-refractivity contribution is 6.24. The minimum atomic E-state index is 0.971. The van der Waals surface area contributed by atoms with Gasteiger partial charge in [-0.05, 0) is 57.6 Å². The Labute approximate surface area is 249 Å². The van der Waals surface area contributed by atoms with Crippen molar-refractivity contribution in [2.75, 3.05) is 0 Å². The number of pyridine rings is 1. The van der Waals surface area contributed by atoms with Crippen LogP contribution in [0.2, 0.25) is 0 Å². The lowest BCUT2D eigenvalue weighted by atomic mass is 9.94. The summed E-state index contributed by atoms with van der Waals surface area (Å²) in [4.78, 5) is 5.12. The lowest BCUT2D eigenvalue weighted by Gasteiger charge is -2.16. The molecule has 0 aliphatic heterocycles. The van der Waals surface area contributed by atoms with Crippen LogP contribution in [0, 0.1) is 0 Å². The molecule has 0 atom stereocenters. The predicted octanol–water partition coefficient (Wildman–Crippen LogP) is 10.9. The summed E-state index contributed by atoms with van der Waals surface area (Å²) in [6.07, 6.45) is 0. The van der Waals surface area contributed by atoms with Crippen LogP contribution < -0.4 is 0 Å². The van der Waals surface area contributed by atoms with E-state index in [2.05, 4.69) is 162 Å². The highest BCUT2D eigenvalue weighted by atomic mass is 15.0. The Balaban J connectivity index is 1.32. The minimum absolute atomic E-state index is 0.971. The Morgan fingerprint density at radius 2 is 0.930 bits per heavy atom. The Kier molecular flexibility index (Phi) is 5.23. The Hall–Kier alpha value is -5.73. The molecule has 7 aromatic carbocycles. The van der Waals surface area contributed by atoms with Crippen LogP contribution in [0.3, 0.4) is 0 Å². The lowest BCUT2D eigenvalue weighted by molar-refractivity contribution is 1.20. The quantitative estimate of drug-likeness (QED) is 0.201. The molecule has 2 heterocycles. The first-order valence-electron chi connectivity index (χ1n) is 14.7. The summed E-state index contributed by atoms with van der Waals surface area (Å²) in [5.41, 5.74) is 10.2. The minimum Gasteiger partial charge on any atom is -0.309 e. The topological polar surface area (TPSA) is 17.8 Å². The smallest absolute Gasteiger partial charge is 0.0715 e. The Morgan fingerprint density at radius 1 is 0.395 bits per heavy atom. The van der Waals surface area contributed by atoms with Crippen LogP contribution >= 0.6 is 0 Å². The average Bonchev–Trinajstić information content (AvgIpc) is 3.43. The molecule has 200 valence electrons. The molecule has 0 spiro atoms. The molecule has 0 saturated heterocycles. The van der Waals surface area contributed by atoms with E-state index >= 15 is 0 Å². The van der Waals surface area contributed by atoms with E-state index in [1.807, 2.05) is 0 Å². The van der Waals surface area contributed by atoms with Crippen LogP contribution in [0.5, 0.6) is 0 Å². The van der Waals surface area contributed by atoms with Crippen LogP contribution in [0.15, 0.2) is 158 Å². The van der Waals surface area contributed by atoms with Gasteiger partial charge in [-0.2, -0.15) is 0 Å². The summed E-state index contributed by atoms with van der Waals surface area (Å²) in [6, 6.07) is 56.6. The summed E-state index contributed by atoms with van der Waals surface area (Å²) in [5, 5.41) is 7.66. The molecule has 9 aromatic rings. The first kappa shape index (κ1) is 23.9. The molecular weight excluding hydrogens is 520 g/mol. The molecule has 0 bridgehead atoms. The van der Waals surface area contributed by atoms with Crippen LogP contribution in [-0.4, -0.2) is 9.55 Å². The summed E-state index contributed by atoms with van der Waals surface area (Å²) >= 11 is 0. The third-order valence-corrected chi connectivity index (χ3v) is 8.74. The second-order valence-electron chi connectivity index (χ2n) is 11.2. The third kappa shape index (κ3) is 3.70. The van der Waals surface area contributed by atoms with Gasteiger partial charge in [0, 0.05) is 27.3 Å². The van der Waals surface area contributed by atoms with Gasteiger partial charge in [-0.1, -0.05) is 127 Å². The fourth-order valence-electron chi connectivity index (χ4n) is 6.81. The average molecular weight is 547 g/mol. The van der Waals surface area contributed by atoms with Crippen molar-refractivity contribution < 1.29 is 0 Å². The Morgan fingerprint density at radius 3 is 1.51 bits per heavy atom. The van der Waals surface area contributed by atoms with Crippen LogP contribution in [-0.2, 0) is 0 Å². The van der Waals surface area contributed by atoms with Gasteiger partial charge in [-0.3, -0.25) is 0 Å². The van der Waals surface area contributed by atoms with Gasteiger partial charge in [0.15, 0.2) is 0 Å². The number of hydrogen-bond acceptors (Lipinski definition) is 1. The van der Waals surface area contributed by atoms with E-state index in [-0.39, 0.29) is 0 Å². The molecule has 43 heavy (non-hydrogen) atoms. The molecule has 0 radical (unpaired) electrons. The van der Waals surface area contributed by atoms with Gasteiger partial charge in [0.2, 0.25) is 0 Å². The number of nitrogens with zero attached hydrogens (tertiary/aromatic N) is 2. The number of aromatic nitrogens is 2. The van der Waals surface area contributed by atoms with Gasteiger partial charge in [0.25, 0.3) is 0 Å². The first-order chi connectivity index (χ1) is 21.3. The molecular formula is C41H26N2. The van der Waals surface area contributed by atoms with Crippen molar-refractivity contribution in [3.8, 4) is 39.3 Å². The zero-order valence-corrected chi connectivity index (χ0v) is 23.4.